The minimum absolute atomic E-state index is 0.510. The first-order valence-electron chi connectivity index (χ1n) is 6.42. The molecule has 1 aliphatic carbocycles. The fraction of sp³-hybridized carbons (Fsp3) is 0.333. The third-order valence-corrected chi connectivity index (χ3v) is 5.50. The minimum Gasteiger partial charge on any atom is -0.488 e. The van der Waals surface area contributed by atoms with Gasteiger partial charge in [0.2, 0.25) is 0 Å². The van der Waals surface area contributed by atoms with Gasteiger partial charge in [-0.05, 0) is 70.5 Å². The first-order chi connectivity index (χ1) is 9.28. The van der Waals surface area contributed by atoms with Crippen molar-refractivity contribution in [3.63, 3.8) is 0 Å². The molecule has 2 aromatic rings. The summed E-state index contributed by atoms with van der Waals surface area (Å²) >= 11 is 5.25. The molecule has 100 valence electrons. The zero-order valence-electron chi connectivity index (χ0n) is 10.8. The highest BCUT2D eigenvalue weighted by Crippen LogP contribution is 2.33. The fourth-order valence-electron chi connectivity index (χ4n) is 2.56. The maximum atomic E-state index is 5.89. The molecular formula is C15H16BrNOS. The largest absolute Gasteiger partial charge is 0.488 e. The van der Waals surface area contributed by atoms with Crippen molar-refractivity contribution in [2.75, 3.05) is 7.05 Å². The van der Waals surface area contributed by atoms with Crippen LogP contribution >= 0.6 is 27.3 Å². The highest BCUT2D eigenvalue weighted by molar-refractivity contribution is 9.10. The first-order valence-corrected chi connectivity index (χ1v) is 8.10. The third kappa shape index (κ3) is 2.71. The molecule has 0 radical (unpaired) electrons. The fourth-order valence-corrected chi connectivity index (χ4v) is 3.94. The van der Waals surface area contributed by atoms with Crippen LogP contribution in [-0.4, -0.2) is 7.05 Å². The summed E-state index contributed by atoms with van der Waals surface area (Å²) in [5.41, 5.74) is 2.84. The molecule has 1 aromatic carbocycles. The predicted octanol–water partition coefficient (Wildman–Crippen LogP) is 4.30. The Morgan fingerprint density at radius 2 is 2.32 bits per heavy atom. The molecule has 4 heteroatoms. The van der Waals surface area contributed by atoms with Gasteiger partial charge in [0.1, 0.15) is 12.4 Å². The van der Waals surface area contributed by atoms with Gasteiger partial charge in [0.05, 0.1) is 4.88 Å². The summed E-state index contributed by atoms with van der Waals surface area (Å²) in [5.74, 6) is 0.968. The normalized spacial score (nSPS) is 17.5. The Hall–Kier alpha value is -0.840. The highest BCUT2D eigenvalue weighted by Gasteiger charge is 2.21. The molecule has 0 spiro atoms. The van der Waals surface area contributed by atoms with Crippen molar-refractivity contribution in [2.45, 2.75) is 25.5 Å². The van der Waals surface area contributed by atoms with Crippen LogP contribution in [0.4, 0.5) is 0 Å². The Labute approximate surface area is 125 Å². The molecule has 0 amide bonds. The molecule has 3 rings (SSSR count). The zero-order valence-corrected chi connectivity index (χ0v) is 13.2. The van der Waals surface area contributed by atoms with Crippen molar-refractivity contribution in [1.82, 2.24) is 5.32 Å². The molecule has 0 saturated carbocycles. The van der Waals surface area contributed by atoms with E-state index in [9.17, 15) is 0 Å². The Morgan fingerprint density at radius 3 is 3.05 bits per heavy atom. The lowest BCUT2D eigenvalue weighted by Crippen LogP contribution is -2.12. The van der Waals surface area contributed by atoms with E-state index in [1.165, 1.54) is 22.4 Å². The van der Waals surface area contributed by atoms with Crippen LogP contribution in [0.2, 0.25) is 0 Å². The number of fused-ring (bicyclic) bond motifs is 1. The van der Waals surface area contributed by atoms with Gasteiger partial charge in [-0.2, -0.15) is 0 Å². The zero-order chi connectivity index (χ0) is 13.2. The Morgan fingerprint density at radius 1 is 1.42 bits per heavy atom. The number of benzene rings is 1. The average Bonchev–Trinajstić information content (AvgIpc) is 3.01. The molecule has 1 aliphatic rings. The summed E-state index contributed by atoms with van der Waals surface area (Å²) in [4.78, 5) is 1.23. The van der Waals surface area contributed by atoms with Crippen molar-refractivity contribution in [1.29, 1.82) is 0 Å². The van der Waals surface area contributed by atoms with Gasteiger partial charge < -0.3 is 10.1 Å². The molecule has 0 aliphatic heterocycles. The summed E-state index contributed by atoms with van der Waals surface area (Å²) in [6, 6.07) is 9.03. The number of aryl methyl sites for hydroxylation is 1. The van der Waals surface area contributed by atoms with E-state index in [-0.39, 0.29) is 0 Å². The van der Waals surface area contributed by atoms with E-state index >= 15 is 0 Å². The molecule has 0 fully saturated rings. The maximum Gasteiger partial charge on any atom is 0.124 e. The van der Waals surface area contributed by atoms with Crippen LogP contribution in [-0.2, 0) is 13.0 Å². The minimum atomic E-state index is 0.510. The van der Waals surface area contributed by atoms with Gasteiger partial charge >= 0.3 is 0 Å². The summed E-state index contributed by atoms with van der Waals surface area (Å²) < 4.78 is 7.02. The predicted molar refractivity (Wildman–Crippen MR) is 82.9 cm³/mol. The lowest BCUT2D eigenvalue weighted by Gasteiger charge is -2.11. The van der Waals surface area contributed by atoms with E-state index in [2.05, 4.69) is 50.9 Å². The van der Waals surface area contributed by atoms with Crippen molar-refractivity contribution in [3.8, 4) is 5.75 Å². The third-order valence-electron chi connectivity index (χ3n) is 3.60. The van der Waals surface area contributed by atoms with Crippen LogP contribution in [0.25, 0.3) is 0 Å². The van der Waals surface area contributed by atoms with Crippen LogP contribution in [0.3, 0.4) is 0 Å². The van der Waals surface area contributed by atoms with Gasteiger partial charge in [-0.1, -0.05) is 6.07 Å². The van der Waals surface area contributed by atoms with Crippen LogP contribution in [0.5, 0.6) is 5.75 Å². The second kappa shape index (κ2) is 5.65. The Kier molecular flexibility index (Phi) is 3.91. The van der Waals surface area contributed by atoms with Gasteiger partial charge in [0.25, 0.3) is 0 Å². The lowest BCUT2D eigenvalue weighted by atomic mass is 10.1. The molecule has 1 atom stereocenters. The standard InChI is InChI=1S/C15H16BrNOS/c1-17-14-5-2-10-8-11(3-4-12(10)14)18-9-15-13(16)6-7-19-15/h3-4,6-8,14,17H,2,5,9H2,1H3. The summed E-state index contributed by atoms with van der Waals surface area (Å²) in [5, 5.41) is 5.43. The number of rotatable bonds is 4. The molecule has 1 unspecified atom stereocenters. The van der Waals surface area contributed by atoms with Crippen molar-refractivity contribution < 1.29 is 4.74 Å². The quantitative estimate of drug-likeness (QED) is 0.898. The average molecular weight is 338 g/mol. The molecular weight excluding hydrogens is 322 g/mol. The second-order valence-electron chi connectivity index (χ2n) is 4.72. The van der Waals surface area contributed by atoms with Crippen LogP contribution in [0.15, 0.2) is 34.1 Å². The van der Waals surface area contributed by atoms with E-state index in [1.807, 2.05) is 7.05 Å². The summed E-state index contributed by atoms with van der Waals surface area (Å²) in [6.45, 7) is 0.631. The van der Waals surface area contributed by atoms with Crippen LogP contribution in [0.1, 0.15) is 28.5 Å². The Balaban J connectivity index is 1.72. The number of hydrogen-bond donors (Lipinski definition) is 1. The number of nitrogens with one attached hydrogen (secondary N) is 1. The topological polar surface area (TPSA) is 21.3 Å². The monoisotopic (exact) mass is 337 g/mol. The molecule has 1 aromatic heterocycles. The van der Waals surface area contributed by atoms with E-state index < -0.39 is 0 Å². The van der Waals surface area contributed by atoms with E-state index in [4.69, 9.17) is 4.74 Å². The molecule has 2 nitrogen and oxygen atoms in total. The maximum absolute atomic E-state index is 5.89. The first kappa shape index (κ1) is 13.2. The van der Waals surface area contributed by atoms with Gasteiger partial charge in [-0.15, -0.1) is 11.3 Å². The van der Waals surface area contributed by atoms with Gasteiger partial charge in [0.15, 0.2) is 0 Å². The smallest absolute Gasteiger partial charge is 0.124 e. The van der Waals surface area contributed by atoms with E-state index in [1.54, 1.807) is 11.3 Å². The molecule has 1 N–H and O–H groups in total. The summed E-state index contributed by atoms with van der Waals surface area (Å²) in [6.07, 6.45) is 2.33. The number of ether oxygens (including phenoxy) is 1. The van der Waals surface area contributed by atoms with Crippen LogP contribution < -0.4 is 10.1 Å². The van der Waals surface area contributed by atoms with E-state index in [0.717, 1.165) is 16.6 Å². The van der Waals surface area contributed by atoms with Crippen molar-refractivity contribution in [3.05, 3.63) is 50.1 Å². The molecule has 0 bridgehead atoms. The van der Waals surface area contributed by atoms with E-state index in [0.29, 0.717) is 12.6 Å². The lowest BCUT2D eigenvalue weighted by molar-refractivity contribution is 0.309. The van der Waals surface area contributed by atoms with Gasteiger partial charge in [-0.25, -0.2) is 0 Å². The SMILES string of the molecule is CNC1CCc2cc(OCc3sccc3Br)ccc21. The van der Waals surface area contributed by atoms with Crippen LogP contribution in [0, 0.1) is 0 Å². The van der Waals surface area contributed by atoms with Gasteiger partial charge in [0, 0.05) is 10.5 Å². The second-order valence-corrected chi connectivity index (χ2v) is 6.58. The molecule has 0 saturated heterocycles. The van der Waals surface area contributed by atoms with Crippen molar-refractivity contribution >= 4 is 27.3 Å². The Bertz CT molecular complexity index is 581. The van der Waals surface area contributed by atoms with Crippen molar-refractivity contribution in [2.24, 2.45) is 0 Å². The highest BCUT2D eigenvalue weighted by atomic mass is 79.9. The molecule has 1 heterocycles. The number of halogens is 1. The molecule has 19 heavy (non-hydrogen) atoms. The number of thiophene rings is 1. The number of hydrogen-bond acceptors (Lipinski definition) is 3. The van der Waals surface area contributed by atoms with Gasteiger partial charge in [-0.3, -0.25) is 0 Å². The summed E-state index contributed by atoms with van der Waals surface area (Å²) in [7, 11) is 2.03.